The number of rotatable bonds is 10. The van der Waals surface area contributed by atoms with Crippen molar-refractivity contribution in [3.8, 4) is 28.5 Å². The summed E-state index contributed by atoms with van der Waals surface area (Å²) in [7, 11) is 0. The van der Waals surface area contributed by atoms with E-state index < -0.39 is 6.04 Å². The fraction of sp³-hybridized carbons (Fsp3) is 0.312. The summed E-state index contributed by atoms with van der Waals surface area (Å²) in [5, 5.41) is 18.5. The average Bonchev–Trinajstić information content (AvgIpc) is 3.47. The number of aromatic nitrogens is 2. The highest BCUT2D eigenvalue weighted by molar-refractivity contribution is 6.00. The number of nitrogens with zero attached hydrogens (tertiary/aromatic N) is 2. The first-order chi connectivity index (χ1) is 19.3. The van der Waals surface area contributed by atoms with Crippen LogP contribution in [0.1, 0.15) is 71.0 Å². The molecule has 1 atom stereocenters. The number of ether oxygens (including phenoxy) is 2. The molecule has 0 fully saturated rings. The zero-order valence-electron chi connectivity index (χ0n) is 23.3. The van der Waals surface area contributed by atoms with E-state index in [2.05, 4.69) is 17.1 Å². The molecule has 1 unspecified atom stereocenters. The van der Waals surface area contributed by atoms with Gasteiger partial charge in [-0.05, 0) is 79.8 Å². The van der Waals surface area contributed by atoms with Gasteiger partial charge in [-0.2, -0.15) is 5.10 Å². The molecule has 1 aliphatic heterocycles. The Morgan fingerprint density at radius 2 is 1.80 bits per heavy atom. The predicted octanol–water partition coefficient (Wildman–Crippen LogP) is 6.86. The maximum absolute atomic E-state index is 13.8. The van der Waals surface area contributed by atoms with Crippen LogP contribution in [0.25, 0.3) is 11.3 Å². The van der Waals surface area contributed by atoms with Crippen molar-refractivity contribution in [1.29, 1.82) is 0 Å². The molecule has 2 N–H and O–H groups in total. The molecule has 8 heteroatoms. The third-order valence-corrected chi connectivity index (χ3v) is 7.17. The smallest absolute Gasteiger partial charge is 0.273 e. The van der Waals surface area contributed by atoms with Gasteiger partial charge in [-0.3, -0.25) is 9.89 Å². The van der Waals surface area contributed by atoms with Crippen molar-refractivity contribution >= 4 is 5.91 Å². The molecule has 0 bridgehead atoms. The average molecular weight is 544 g/mol. The summed E-state index contributed by atoms with van der Waals surface area (Å²) in [6, 6.07) is 15.1. The molecule has 3 aromatic carbocycles. The number of aromatic amines is 1. The number of aromatic hydroxyl groups is 1. The largest absolute Gasteiger partial charge is 0.507 e. The van der Waals surface area contributed by atoms with Gasteiger partial charge in [0.05, 0.1) is 19.3 Å². The number of amides is 1. The predicted molar refractivity (Wildman–Crippen MR) is 151 cm³/mol. The summed E-state index contributed by atoms with van der Waals surface area (Å²) in [6.07, 6.45) is 1.94. The lowest BCUT2D eigenvalue weighted by molar-refractivity contribution is 0.0729. The molecule has 0 aliphatic carbocycles. The number of fused-ring (bicyclic) bond motifs is 1. The summed E-state index contributed by atoms with van der Waals surface area (Å²) < 4.78 is 25.6. The zero-order valence-corrected chi connectivity index (χ0v) is 23.3. The first kappa shape index (κ1) is 27.2. The fourth-order valence-corrected chi connectivity index (χ4v) is 5.25. The second-order valence-corrected chi connectivity index (χ2v) is 10.1. The van der Waals surface area contributed by atoms with E-state index in [4.69, 9.17) is 9.47 Å². The van der Waals surface area contributed by atoms with Crippen molar-refractivity contribution in [2.75, 3.05) is 13.2 Å². The van der Waals surface area contributed by atoms with Crippen LogP contribution in [0.15, 0.2) is 54.6 Å². The minimum atomic E-state index is -0.537. The highest BCUT2D eigenvalue weighted by Gasteiger charge is 2.43. The molecular formula is C32H34FN3O4. The number of hydrogen-bond acceptors (Lipinski definition) is 5. The quantitative estimate of drug-likeness (QED) is 0.213. The van der Waals surface area contributed by atoms with E-state index in [9.17, 15) is 14.3 Å². The molecule has 40 heavy (non-hydrogen) atoms. The Kier molecular flexibility index (Phi) is 7.78. The lowest BCUT2D eigenvalue weighted by Crippen LogP contribution is -2.29. The third-order valence-electron chi connectivity index (χ3n) is 7.17. The monoisotopic (exact) mass is 543 g/mol. The molecule has 1 aromatic heterocycles. The number of hydrogen-bond donors (Lipinski definition) is 2. The lowest BCUT2D eigenvalue weighted by Gasteiger charge is -2.27. The molecule has 4 aromatic rings. The Morgan fingerprint density at radius 1 is 1.02 bits per heavy atom. The van der Waals surface area contributed by atoms with Crippen LogP contribution in [-0.2, 0) is 6.54 Å². The number of H-pyrrole nitrogens is 1. The van der Waals surface area contributed by atoms with E-state index in [1.165, 1.54) is 12.1 Å². The van der Waals surface area contributed by atoms with Crippen LogP contribution in [0.2, 0.25) is 0 Å². The number of nitrogens with one attached hydrogen (secondary N) is 1. The molecule has 208 valence electrons. The van der Waals surface area contributed by atoms with Crippen LogP contribution in [0.4, 0.5) is 4.39 Å². The molecule has 0 saturated carbocycles. The number of carbonyl (C=O) groups is 1. The number of phenols is 1. The molecule has 0 spiro atoms. The summed E-state index contributed by atoms with van der Waals surface area (Å²) in [5.74, 6) is 0.798. The molecule has 7 nitrogen and oxygen atoms in total. The molecular weight excluding hydrogens is 509 g/mol. The van der Waals surface area contributed by atoms with Crippen LogP contribution in [0.5, 0.6) is 17.2 Å². The number of benzene rings is 3. The van der Waals surface area contributed by atoms with Crippen LogP contribution in [0.3, 0.4) is 0 Å². The van der Waals surface area contributed by atoms with Crippen LogP contribution in [-0.4, -0.2) is 39.3 Å². The highest BCUT2D eigenvalue weighted by atomic mass is 19.1. The van der Waals surface area contributed by atoms with Gasteiger partial charge in [0.2, 0.25) is 0 Å². The van der Waals surface area contributed by atoms with Crippen molar-refractivity contribution in [2.45, 2.75) is 53.1 Å². The Hall–Kier alpha value is -4.33. The summed E-state index contributed by atoms with van der Waals surface area (Å²) in [4.78, 5) is 15.6. The Balaban J connectivity index is 1.65. The summed E-state index contributed by atoms with van der Waals surface area (Å²) >= 11 is 0. The van der Waals surface area contributed by atoms with E-state index in [1.54, 1.807) is 17.0 Å². The van der Waals surface area contributed by atoms with Crippen molar-refractivity contribution < 1.29 is 23.8 Å². The van der Waals surface area contributed by atoms with Crippen molar-refractivity contribution in [2.24, 2.45) is 0 Å². The minimum Gasteiger partial charge on any atom is -0.507 e. The van der Waals surface area contributed by atoms with Crippen LogP contribution in [0, 0.1) is 19.7 Å². The number of phenolic OH excluding ortho intramolecular Hbond substituents is 1. The number of aryl methyl sites for hydroxylation is 2. The van der Waals surface area contributed by atoms with Crippen molar-refractivity contribution in [3.63, 3.8) is 0 Å². The number of halogens is 1. The van der Waals surface area contributed by atoms with Gasteiger partial charge >= 0.3 is 0 Å². The highest BCUT2D eigenvalue weighted by Crippen LogP contribution is 2.47. The molecule has 1 amide bonds. The number of unbranched alkanes of at least 4 members (excludes halogenated alkanes) is 1. The second-order valence-electron chi connectivity index (χ2n) is 10.1. The molecule has 2 heterocycles. The normalized spacial score (nSPS) is 14.5. The van der Waals surface area contributed by atoms with Gasteiger partial charge in [0.15, 0.2) is 11.5 Å². The van der Waals surface area contributed by atoms with Gasteiger partial charge in [-0.1, -0.05) is 37.6 Å². The Labute approximate surface area is 233 Å². The maximum atomic E-state index is 13.8. The first-order valence-corrected chi connectivity index (χ1v) is 13.7. The summed E-state index contributed by atoms with van der Waals surface area (Å²) in [5.41, 5.74) is 5.41. The standard InChI is InChI=1S/C32H34FN3O4/c1-5-7-14-40-25-13-10-22(17-26(25)39-6-2)30-27-28(24-16-19(3)15-20(4)31(24)37)34-35-29(27)32(38)36(30)18-21-8-11-23(33)12-9-21/h8-13,15-17,30,37H,5-7,14,18H2,1-4H3,(H,34,35). The second kappa shape index (κ2) is 11.4. The summed E-state index contributed by atoms with van der Waals surface area (Å²) in [6.45, 7) is 9.11. The molecule has 0 radical (unpaired) electrons. The molecule has 5 rings (SSSR count). The van der Waals surface area contributed by atoms with Gasteiger partial charge in [0.25, 0.3) is 5.91 Å². The minimum absolute atomic E-state index is 0.123. The fourth-order valence-electron chi connectivity index (χ4n) is 5.25. The number of carbonyl (C=O) groups excluding carboxylic acids is 1. The maximum Gasteiger partial charge on any atom is 0.273 e. The van der Waals surface area contributed by atoms with Crippen LogP contribution >= 0.6 is 0 Å². The van der Waals surface area contributed by atoms with E-state index >= 15 is 0 Å². The van der Waals surface area contributed by atoms with E-state index in [1.807, 2.05) is 51.1 Å². The van der Waals surface area contributed by atoms with Gasteiger partial charge in [0.1, 0.15) is 23.0 Å². The van der Waals surface area contributed by atoms with Gasteiger partial charge in [-0.15, -0.1) is 0 Å². The Bertz CT molecular complexity index is 1530. The lowest BCUT2D eigenvalue weighted by atomic mass is 9.93. The van der Waals surface area contributed by atoms with Crippen LogP contribution < -0.4 is 9.47 Å². The first-order valence-electron chi connectivity index (χ1n) is 13.7. The third kappa shape index (κ3) is 5.13. The van der Waals surface area contributed by atoms with Gasteiger partial charge < -0.3 is 19.5 Å². The molecule has 1 aliphatic rings. The zero-order chi connectivity index (χ0) is 28.4. The topological polar surface area (TPSA) is 87.7 Å². The Morgan fingerprint density at radius 3 is 2.52 bits per heavy atom. The van der Waals surface area contributed by atoms with Gasteiger partial charge in [0, 0.05) is 17.7 Å². The van der Waals surface area contributed by atoms with E-state index in [-0.39, 0.29) is 24.0 Å². The van der Waals surface area contributed by atoms with Gasteiger partial charge in [-0.25, -0.2) is 4.39 Å². The van der Waals surface area contributed by atoms with E-state index in [0.717, 1.165) is 35.1 Å². The SMILES string of the molecule is CCCCOc1ccc(C2c3c(-c4cc(C)cc(C)c4O)n[nH]c3C(=O)N2Cc2ccc(F)cc2)cc1OCC. The van der Waals surface area contributed by atoms with Crippen molar-refractivity contribution in [1.82, 2.24) is 15.1 Å². The van der Waals surface area contributed by atoms with E-state index in [0.29, 0.717) is 47.2 Å². The molecule has 0 saturated heterocycles. The van der Waals surface area contributed by atoms with Crippen molar-refractivity contribution in [3.05, 3.63) is 93.9 Å².